The van der Waals surface area contributed by atoms with E-state index >= 15 is 0 Å². The zero-order chi connectivity index (χ0) is 12.4. The van der Waals surface area contributed by atoms with Crippen LogP contribution in [-0.4, -0.2) is 24.8 Å². The SMILES string of the molecule is COc1cc(C)c(C(O)CNC2CC2)cc1Cl. The second-order valence-electron chi connectivity index (χ2n) is 4.54. The molecule has 1 atom stereocenters. The molecule has 0 heterocycles. The topological polar surface area (TPSA) is 41.5 Å². The van der Waals surface area contributed by atoms with Crippen LogP contribution in [0.5, 0.6) is 5.75 Å². The van der Waals surface area contributed by atoms with Gasteiger partial charge in [0.05, 0.1) is 18.2 Å². The van der Waals surface area contributed by atoms with E-state index in [1.807, 2.05) is 13.0 Å². The van der Waals surface area contributed by atoms with Gasteiger partial charge in [-0.3, -0.25) is 0 Å². The van der Waals surface area contributed by atoms with Gasteiger partial charge in [0.25, 0.3) is 0 Å². The highest BCUT2D eigenvalue weighted by Crippen LogP contribution is 2.31. The van der Waals surface area contributed by atoms with Gasteiger partial charge in [0.1, 0.15) is 5.75 Å². The molecule has 0 aliphatic heterocycles. The Morgan fingerprint density at radius 2 is 2.24 bits per heavy atom. The van der Waals surface area contributed by atoms with Crippen LogP contribution in [0.4, 0.5) is 0 Å². The molecule has 4 heteroatoms. The van der Waals surface area contributed by atoms with Gasteiger partial charge in [-0.2, -0.15) is 0 Å². The van der Waals surface area contributed by atoms with E-state index < -0.39 is 6.10 Å². The Bertz CT molecular complexity index is 405. The van der Waals surface area contributed by atoms with Crippen LogP contribution in [-0.2, 0) is 0 Å². The summed E-state index contributed by atoms with van der Waals surface area (Å²) in [5.74, 6) is 0.648. The third kappa shape index (κ3) is 3.12. The molecule has 1 aliphatic rings. The number of hydrogen-bond donors (Lipinski definition) is 2. The molecular weight excluding hydrogens is 238 g/mol. The van der Waals surface area contributed by atoms with E-state index in [2.05, 4.69) is 5.32 Å². The molecule has 1 aliphatic carbocycles. The summed E-state index contributed by atoms with van der Waals surface area (Å²) in [4.78, 5) is 0. The molecule has 1 aromatic rings. The first-order valence-electron chi connectivity index (χ1n) is 5.87. The summed E-state index contributed by atoms with van der Waals surface area (Å²) < 4.78 is 5.14. The Labute approximate surface area is 107 Å². The molecule has 1 saturated carbocycles. The fourth-order valence-electron chi connectivity index (χ4n) is 1.86. The predicted octanol–water partition coefficient (Wildman–Crippen LogP) is 2.44. The monoisotopic (exact) mass is 255 g/mol. The van der Waals surface area contributed by atoms with Crippen molar-refractivity contribution in [2.45, 2.75) is 31.9 Å². The highest BCUT2D eigenvalue weighted by molar-refractivity contribution is 6.32. The molecule has 0 saturated heterocycles. The summed E-state index contributed by atoms with van der Waals surface area (Å²) in [6.45, 7) is 2.53. The molecule has 3 nitrogen and oxygen atoms in total. The molecule has 0 aromatic heterocycles. The Kier molecular flexibility index (Phi) is 3.92. The summed E-state index contributed by atoms with van der Waals surface area (Å²) in [6.07, 6.45) is 1.92. The second-order valence-corrected chi connectivity index (χ2v) is 4.95. The van der Waals surface area contributed by atoms with Crippen LogP contribution in [0, 0.1) is 6.92 Å². The van der Waals surface area contributed by atoms with Gasteiger partial charge in [0.2, 0.25) is 0 Å². The van der Waals surface area contributed by atoms with Gasteiger partial charge in [0.15, 0.2) is 0 Å². The van der Waals surface area contributed by atoms with Crippen molar-refractivity contribution in [3.8, 4) is 5.75 Å². The maximum absolute atomic E-state index is 10.1. The molecule has 0 spiro atoms. The van der Waals surface area contributed by atoms with E-state index in [1.165, 1.54) is 12.8 Å². The Morgan fingerprint density at radius 1 is 1.53 bits per heavy atom. The zero-order valence-electron chi connectivity index (χ0n) is 10.2. The van der Waals surface area contributed by atoms with Crippen LogP contribution >= 0.6 is 11.6 Å². The molecule has 0 radical (unpaired) electrons. The molecule has 2 rings (SSSR count). The van der Waals surface area contributed by atoms with Crippen molar-refractivity contribution in [2.24, 2.45) is 0 Å². The smallest absolute Gasteiger partial charge is 0.137 e. The fourth-order valence-corrected chi connectivity index (χ4v) is 2.11. The van der Waals surface area contributed by atoms with Crippen LogP contribution in [0.15, 0.2) is 12.1 Å². The first-order valence-corrected chi connectivity index (χ1v) is 6.25. The number of aryl methyl sites for hydroxylation is 1. The Balaban J connectivity index is 2.09. The van der Waals surface area contributed by atoms with Crippen molar-refractivity contribution in [3.05, 3.63) is 28.3 Å². The normalized spacial score (nSPS) is 16.9. The van der Waals surface area contributed by atoms with E-state index in [-0.39, 0.29) is 0 Å². The lowest BCUT2D eigenvalue weighted by atomic mass is 10.0. The first-order chi connectivity index (χ1) is 8.11. The summed E-state index contributed by atoms with van der Waals surface area (Å²) in [5, 5.41) is 14.0. The molecule has 94 valence electrons. The minimum absolute atomic E-state index is 0.515. The van der Waals surface area contributed by atoms with Crippen molar-refractivity contribution < 1.29 is 9.84 Å². The summed E-state index contributed by atoms with van der Waals surface area (Å²) >= 11 is 6.06. The van der Waals surface area contributed by atoms with Crippen LogP contribution in [0.25, 0.3) is 0 Å². The number of aliphatic hydroxyl groups excluding tert-OH is 1. The molecular formula is C13H18ClNO2. The zero-order valence-corrected chi connectivity index (χ0v) is 10.9. The molecule has 1 aromatic carbocycles. The van der Waals surface area contributed by atoms with E-state index in [4.69, 9.17) is 16.3 Å². The fraction of sp³-hybridized carbons (Fsp3) is 0.538. The maximum atomic E-state index is 10.1. The van der Waals surface area contributed by atoms with Gasteiger partial charge in [0, 0.05) is 12.6 Å². The van der Waals surface area contributed by atoms with Crippen LogP contribution in [0.1, 0.15) is 30.1 Å². The average Bonchev–Trinajstić information content (AvgIpc) is 3.12. The van der Waals surface area contributed by atoms with Gasteiger partial charge >= 0.3 is 0 Å². The quantitative estimate of drug-likeness (QED) is 0.849. The number of benzene rings is 1. The minimum Gasteiger partial charge on any atom is -0.495 e. The summed E-state index contributed by atoms with van der Waals surface area (Å²) in [6, 6.07) is 4.24. The molecule has 0 amide bonds. The van der Waals surface area contributed by atoms with Crippen LogP contribution in [0.2, 0.25) is 5.02 Å². The van der Waals surface area contributed by atoms with Crippen LogP contribution < -0.4 is 10.1 Å². The van der Waals surface area contributed by atoms with Crippen molar-refractivity contribution in [1.82, 2.24) is 5.32 Å². The van der Waals surface area contributed by atoms with Crippen molar-refractivity contribution in [1.29, 1.82) is 0 Å². The lowest BCUT2D eigenvalue weighted by Gasteiger charge is -2.16. The molecule has 1 fully saturated rings. The van der Waals surface area contributed by atoms with Gasteiger partial charge in [-0.05, 0) is 43.0 Å². The molecule has 1 unspecified atom stereocenters. The standard InChI is InChI=1S/C13H18ClNO2/c1-8-5-13(17-2)11(14)6-10(8)12(16)7-15-9-3-4-9/h5-6,9,12,15-16H,3-4,7H2,1-2H3. The van der Waals surface area contributed by atoms with E-state index in [1.54, 1.807) is 13.2 Å². The third-order valence-corrected chi connectivity index (χ3v) is 3.37. The van der Waals surface area contributed by atoms with Gasteiger partial charge in [-0.15, -0.1) is 0 Å². The number of aliphatic hydroxyl groups is 1. The molecule has 2 N–H and O–H groups in total. The average molecular weight is 256 g/mol. The van der Waals surface area contributed by atoms with E-state index in [0.717, 1.165) is 11.1 Å². The van der Waals surface area contributed by atoms with E-state index in [0.29, 0.717) is 23.4 Å². The highest BCUT2D eigenvalue weighted by atomic mass is 35.5. The van der Waals surface area contributed by atoms with Crippen LogP contribution in [0.3, 0.4) is 0 Å². The first kappa shape index (κ1) is 12.7. The van der Waals surface area contributed by atoms with Gasteiger partial charge in [-0.1, -0.05) is 11.6 Å². The lowest BCUT2D eigenvalue weighted by Crippen LogP contribution is -2.23. The predicted molar refractivity (Wildman–Crippen MR) is 68.7 cm³/mol. The maximum Gasteiger partial charge on any atom is 0.137 e. The van der Waals surface area contributed by atoms with E-state index in [9.17, 15) is 5.11 Å². The molecule has 17 heavy (non-hydrogen) atoms. The lowest BCUT2D eigenvalue weighted by molar-refractivity contribution is 0.173. The Morgan fingerprint density at radius 3 is 2.82 bits per heavy atom. The number of ether oxygens (including phenoxy) is 1. The van der Waals surface area contributed by atoms with Crippen molar-refractivity contribution >= 4 is 11.6 Å². The number of nitrogens with one attached hydrogen (secondary N) is 1. The second kappa shape index (κ2) is 5.25. The van der Waals surface area contributed by atoms with Crippen molar-refractivity contribution in [3.63, 3.8) is 0 Å². The number of rotatable bonds is 5. The van der Waals surface area contributed by atoms with Gasteiger partial charge in [-0.25, -0.2) is 0 Å². The van der Waals surface area contributed by atoms with Gasteiger partial charge < -0.3 is 15.2 Å². The number of halogens is 1. The third-order valence-electron chi connectivity index (χ3n) is 3.08. The minimum atomic E-state index is -0.515. The largest absolute Gasteiger partial charge is 0.495 e. The molecule has 0 bridgehead atoms. The number of methoxy groups -OCH3 is 1. The number of hydrogen-bond acceptors (Lipinski definition) is 3. The summed E-state index contributed by atoms with van der Waals surface area (Å²) in [7, 11) is 1.59. The van der Waals surface area contributed by atoms with Crippen molar-refractivity contribution in [2.75, 3.05) is 13.7 Å². The summed E-state index contributed by atoms with van der Waals surface area (Å²) in [5.41, 5.74) is 1.86. The Hall–Kier alpha value is -0.770. The highest BCUT2D eigenvalue weighted by Gasteiger charge is 2.22.